The fraction of sp³-hybridized carbons (Fsp3) is 0.0952. The van der Waals surface area contributed by atoms with Crippen molar-refractivity contribution < 1.29 is 18.3 Å². The lowest BCUT2D eigenvalue weighted by Gasteiger charge is -2.13. The predicted molar refractivity (Wildman–Crippen MR) is 94.0 cm³/mol. The minimum absolute atomic E-state index is 0.0525. The maximum Gasteiger partial charge on any atom is 0.387 e. The number of benzene rings is 3. The number of ether oxygens (including phenoxy) is 2. The van der Waals surface area contributed by atoms with Crippen LogP contribution < -0.4 is 9.47 Å². The van der Waals surface area contributed by atoms with Crippen LogP contribution in [0.3, 0.4) is 0 Å². The Morgan fingerprint density at radius 2 is 1.62 bits per heavy atom. The highest BCUT2D eigenvalue weighted by Crippen LogP contribution is 2.34. The molecule has 26 heavy (non-hydrogen) atoms. The van der Waals surface area contributed by atoms with Crippen LogP contribution in [-0.4, -0.2) is 6.61 Å². The zero-order valence-corrected chi connectivity index (χ0v) is 13.7. The van der Waals surface area contributed by atoms with Gasteiger partial charge in [0.15, 0.2) is 0 Å². The van der Waals surface area contributed by atoms with Gasteiger partial charge in [0.05, 0.1) is 5.56 Å². The van der Waals surface area contributed by atoms with Crippen LogP contribution in [0.1, 0.15) is 11.1 Å². The molecule has 5 heteroatoms. The third-order valence-electron chi connectivity index (χ3n) is 3.75. The standard InChI is InChI=1S/C21H15F2NO2/c22-21(23)26-20-12-16(10-11-17(20)13-24)18-8-4-5-9-19(18)25-14-15-6-2-1-3-7-15/h1-12,21H,14H2. The molecule has 0 aliphatic heterocycles. The van der Waals surface area contributed by atoms with E-state index in [2.05, 4.69) is 4.74 Å². The Morgan fingerprint density at radius 3 is 2.35 bits per heavy atom. The number of hydrogen-bond acceptors (Lipinski definition) is 3. The van der Waals surface area contributed by atoms with Crippen LogP contribution in [0.5, 0.6) is 11.5 Å². The maximum atomic E-state index is 12.6. The van der Waals surface area contributed by atoms with Gasteiger partial charge in [0.25, 0.3) is 0 Å². The lowest BCUT2D eigenvalue weighted by molar-refractivity contribution is -0.0500. The second-order valence-corrected chi connectivity index (χ2v) is 5.47. The summed E-state index contributed by atoms with van der Waals surface area (Å²) in [6.45, 7) is -2.61. The molecule has 3 aromatic rings. The summed E-state index contributed by atoms with van der Waals surface area (Å²) < 4.78 is 35.6. The maximum absolute atomic E-state index is 12.6. The summed E-state index contributed by atoms with van der Waals surface area (Å²) in [4.78, 5) is 0. The fourth-order valence-corrected chi connectivity index (χ4v) is 2.54. The van der Waals surface area contributed by atoms with Crippen LogP contribution in [-0.2, 0) is 6.61 Å². The Labute approximate surface area is 150 Å². The van der Waals surface area contributed by atoms with Crippen molar-refractivity contribution in [1.29, 1.82) is 5.26 Å². The molecule has 0 amide bonds. The van der Waals surface area contributed by atoms with Crippen molar-refractivity contribution in [3.8, 4) is 28.7 Å². The Kier molecular flexibility index (Phi) is 5.45. The first-order valence-corrected chi connectivity index (χ1v) is 7.92. The molecule has 0 atom stereocenters. The molecule has 3 nitrogen and oxygen atoms in total. The van der Waals surface area contributed by atoms with E-state index in [1.165, 1.54) is 12.1 Å². The molecular weight excluding hydrogens is 336 g/mol. The SMILES string of the molecule is N#Cc1ccc(-c2ccccc2OCc2ccccc2)cc1OC(F)F. The third kappa shape index (κ3) is 4.17. The Hall–Kier alpha value is -3.39. The van der Waals surface area contributed by atoms with Crippen molar-refractivity contribution in [3.63, 3.8) is 0 Å². The smallest absolute Gasteiger partial charge is 0.387 e. The van der Waals surface area contributed by atoms with Gasteiger partial charge in [-0.25, -0.2) is 0 Å². The van der Waals surface area contributed by atoms with E-state index in [1.54, 1.807) is 6.07 Å². The van der Waals surface area contributed by atoms with Crippen LogP contribution >= 0.6 is 0 Å². The van der Waals surface area contributed by atoms with Gasteiger partial charge < -0.3 is 9.47 Å². The number of para-hydroxylation sites is 1. The van der Waals surface area contributed by atoms with Gasteiger partial charge >= 0.3 is 6.61 Å². The molecule has 0 spiro atoms. The van der Waals surface area contributed by atoms with E-state index in [1.807, 2.05) is 60.7 Å². The number of halogens is 2. The summed E-state index contributed by atoms with van der Waals surface area (Å²) in [5, 5.41) is 9.06. The van der Waals surface area contributed by atoms with Gasteiger partial charge in [-0.1, -0.05) is 54.6 Å². The van der Waals surface area contributed by atoms with E-state index >= 15 is 0 Å². The van der Waals surface area contributed by atoms with E-state index in [-0.39, 0.29) is 11.3 Å². The largest absolute Gasteiger partial charge is 0.488 e. The Bertz CT molecular complexity index is 921. The summed E-state index contributed by atoms with van der Waals surface area (Å²) in [5.74, 6) is 0.460. The highest BCUT2D eigenvalue weighted by molar-refractivity contribution is 5.72. The van der Waals surface area contributed by atoms with Crippen molar-refractivity contribution in [2.24, 2.45) is 0 Å². The van der Waals surface area contributed by atoms with Crippen molar-refractivity contribution in [3.05, 3.63) is 83.9 Å². The molecule has 3 rings (SSSR count). The highest BCUT2D eigenvalue weighted by atomic mass is 19.3. The summed E-state index contributed by atoms with van der Waals surface area (Å²) >= 11 is 0. The molecule has 0 aromatic heterocycles. The van der Waals surface area contributed by atoms with E-state index in [0.717, 1.165) is 11.1 Å². The zero-order valence-electron chi connectivity index (χ0n) is 13.7. The molecule has 0 radical (unpaired) electrons. The fourth-order valence-electron chi connectivity index (χ4n) is 2.54. The molecule has 130 valence electrons. The number of rotatable bonds is 6. The third-order valence-corrected chi connectivity index (χ3v) is 3.75. The van der Waals surface area contributed by atoms with Crippen molar-refractivity contribution in [2.45, 2.75) is 13.2 Å². The highest BCUT2D eigenvalue weighted by Gasteiger charge is 2.13. The number of hydrogen-bond donors (Lipinski definition) is 0. The Morgan fingerprint density at radius 1 is 0.885 bits per heavy atom. The first-order chi connectivity index (χ1) is 12.7. The number of nitriles is 1. The van der Waals surface area contributed by atoms with E-state index < -0.39 is 6.61 Å². The monoisotopic (exact) mass is 351 g/mol. The molecule has 0 N–H and O–H groups in total. The lowest BCUT2D eigenvalue weighted by Crippen LogP contribution is -2.04. The molecule has 0 saturated carbocycles. The molecule has 0 unspecified atom stereocenters. The molecule has 0 aliphatic carbocycles. The molecular formula is C21H15F2NO2. The summed E-state index contributed by atoms with van der Waals surface area (Å²) in [5.41, 5.74) is 2.43. The molecule has 0 aliphatic rings. The van der Waals surface area contributed by atoms with Crippen LogP contribution in [0, 0.1) is 11.3 Å². The molecule has 0 fully saturated rings. The first-order valence-electron chi connectivity index (χ1n) is 7.92. The van der Waals surface area contributed by atoms with Gasteiger partial charge in [-0.15, -0.1) is 0 Å². The van der Waals surface area contributed by atoms with E-state index in [0.29, 0.717) is 17.9 Å². The normalized spacial score (nSPS) is 10.4. The topological polar surface area (TPSA) is 42.2 Å². The Balaban J connectivity index is 1.91. The minimum atomic E-state index is -3.00. The van der Waals surface area contributed by atoms with Crippen molar-refractivity contribution in [1.82, 2.24) is 0 Å². The van der Waals surface area contributed by atoms with E-state index in [9.17, 15) is 8.78 Å². The predicted octanol–water partition coefficient (Wildman–Crippen LogP) is 5.41. The van der Waals surface area contributed by atoms with Gasteiger partial charge in [0, 0.05) is 5.56 Å². The molecule has 0 heterocycles. The van der Waals surface area contributed by atoms with Gasteiger partial charge in [-0.05, 0) is 29.3 Å². The summed E-state index contributed by atoms with van der Waals surface area (Å²) in [6.07, 6.45) is 0. The first kappa shape index (κ1) is 17.4. The second kappa shape index (κ2) is 8.13. The van der Waals surface area contributed by atoms with Gasteiger partial charge in [-0.3, -0.25) is 0 Å². The number of nitrogens with zero attached hydrogens (tertiary/aromatic N) is 1. The quantitative estimate of drug-likeness (QED) is 0.597. The van der Waals surface area contributed by atoms with Crippen LogP contribution in [0.4, 0.5) is 8.78 Å². The van der Waals surface area contributed by atoms with Gasteiger partial charge in [0.2, 0.25) is 0 Å². The van der Waals surface area contributed by atoms with Crippen molar-refractivity contribution in [2.75, 3.05) is 0 Å². The van der Waals surface area contributed by atoms with Crippen LogP contribution in [0.2, 0.25) is 0 Å². The molecule has 0 bridgehead atoms. The zero-order chi connectivity index (χ0) is 18.4. The van der Waals surface area contributed by atoms with Crippen LogP contribution in [0.25, 0.3) is 11.1 Å². The lowest BCUT2D eigenvalue weighted by atomic mass is 10.0. The minimum Gasteiger partial charge on any atom is -0.488 e. The van der Waals surface area contributed by atoms with Crippen molar-refractivity contribution >= 4 is 0 Å². The van der Waals surface area contributed by atoms with Gasteiger partial charge in [0.1, 0.15) is 24.2 Å². The molecule has 0 saturated heterocycles. The summed E-state index contributed by atoms with van der Waals surface area (Å²) in [7, 11) is 0. The number of alkyl halides is 2. The average molecular weight is 351 g/mol. The summed E-state index contributed by atoms with van der Waals surface area (Å²) in [6, 6.07) is 23.4. The van der Waals surface area contributed by atoms with Crippen LogP contribution in [0.15, 0.2) is 72.8 Å². The second-order valence-electron chi connectivity index (χ2n) is 5.47. The molecule has 3 aromatic carbocycles. The van der Waals surface area contributed by atoms with E-state index in [4.69, 9.17) is 10.00 Å². The average Bonchev–Trinajstić information content (AvgIpc) is 2.67. The van der Waals surface area contributed by atoms with Gasteiger partial charge in [-0.2, -0.15) is 14.0 Å².